The Morgan fingerprint density at radius 1 is 1.14 bits per heavy atom. The lowest BCUT2D eigenvalue weighted by molar-refractivity contribution is -0.134. The van der Waals surface area contributed by atoms with E-state index in [2.05, 4.69) is 32.4 Å². The molecule has 3 fully saturated rings. The van der Waals surface area contributed by atoms with Gasteiger partial charge in [0.15, 0.2) is 5.78 Å². The molecular formula is C28H28BrN5O3. The Hall–Kier alpha value is -3.46. The average molecular weight is 562 g/mol. The summed E-state index contributed by atoms with van der Waals surface area (Å²) in [6, 6.07) is 11.8. The molecule has 2 amide bonds. The van der Waals surface area contributed by atoms with Gasteiger partial charge in [0.1, 0.15) is 5.82 Å². The fourth-order valence-electron chi connectivity index (χ4n) is 5.87. The van der Waals surface area contributed by atoms with Crippen LogP contribution in [-0.2, 0) is 16.1 Å². The molecule has 3 saturated heterocycles. The summed E-state index contributed by atoms with van der Waals surface area (Å²) in [6.45, 7) is 7.19. The average Bonchev–Trinajstić information content (AvgIpc) is 3.17. The fraction of sp³-hybridized carbons (Fsp3) is 0.357. The molecule has 190 valence electrons. The second kappa shape index (κ2) is 9.13. The van der Waals surface area contributed by atoms with E-state index in [9.17, 15) is 14.4 Å². The smallest absolute Gasteiger partial charge is 0.256 e. The van der Waals surface area contributed by atoms with Gasteiger partial charge in [0.2, 0.25) is 5.91 Å². The number of halogens is 1. The van der Waals surface area contributed by atoms with Crippen LogP contribution in [-0.4, -0.2) is 75.2 Å². The van der Waals surface area contributed by atoms with Crippen LogP contribution in [0.15, 0.2) is 65.9 Å². The van der Waals surface area contributed by atoms with Crippen LogP contribution in [0, 0.1) is 5.92 Å². The summed E-state index contributed by atoms with van der Waals surface area (Å²) in [4.78, 5) is 48.6. The molecule has 3 aliphatic heterocycles. The molecule has 0 saturated carbocycles. The molecule has 1 aromatic carbocycles. The van der Waals surface area contributed by atoms with Crippen LogP contribution < -0.4 is 4.90 Å². The van der Waals surface area contributed by atoms with Crippen LogP contribution in [0.2, 0.25) is 0 Å². The minimum atomic E-state index is -0.0911. The van der Waals surface area contributed by atoms with E-state index in [1.807, 2.05) is 52.1 Å². The van der Waals surface area contributed by atoms with Crippen molar-refractivity contribution in [2.24, 2.45) is 5.92 Å². The van der Waals surface area contributed by atoms with E-state index in [0.717, 1.165) is 34.2 Å². The number of rotatable bonds is 7. The van der Waals surface area contributed by atoms with Crippen molar-refractivity contribution >= 4 is 50.2 Å². The Bertz CT molecular complexity index is 1410. The maximum Gasteiger partial charge on any atom is 0.256 e. The minimum absolute atomic E-state index is 0.00892. The van der Waals surface area contributed by atoms with Gasteiger partial charge in [0.05, 0.1) is 17.6 Å². The number of hydrogen-bond donors (Lipinski definition) is 0. The van der Waals surface area contributed by atoms with Gasteiger partial charge in [-0.2, -0.15) is 0 Å². The van der Waals surface area contributed by atoms with Crippen LogP contribution in [0.4, 0.5) is 5.82 Å². The number of ketones is 1. The number of likely N-dealkylation sites (tertiary alicyclic amines) is 2. The zero-order chi connectivity index (χ0) is 25.7. The molecule has 9 heteroatoms. The van der Waals surface area contributed by atoms with Gasteiger partial charge < -0.3 is 19.3 Å². The number of benzene rings is 1. The van der Waals surface area contributed by atoms with E-state index >= 15 is 0 Å². The largest absolute Gasteiger partial charge is 0.347 e. The van der Waals surface area contributed by atoms with Crippen LogP contribution in [0.1, 0.15) is 23.2 Å². The normalized spacial score (nSPS) is 18.4. The molecule has 37 heavy (non-hydrogen) atoms. The molecule has 8 nitrogen and oxygen atoms in total. The monoisotopic (exact) mass is 561 g/mol. The Morgan fingerprint density at radius 2 is 1.95 bits per heavy atom. The first-order valence-corrected chi connectivity index (χ1v) is 13.4. The molecular weight excluding hydrogens is 534 g/mol. The molecule has 1 spiro atoms. The van der Waals surface area contributed by atoms with Gasteiger partial charge in [-0.05, 0) is 42.8 Å². The predicted molar refractivity (Wildman–Crippen MR) is 144 cm³/mol. The van der Waals surface area contributed by atoms with Gasteiger partial charge >= 0.3 is 0 Å². The van der Waals surface area contributed by atoms with E-state index in [0.29, 0.717) is 38.2 Å². The van der Waals surface area contributed by atoms with Crippen LogP contribution in [0.3, 0.4) is 0 Å². The first-order chi connectivity index (χ1) is 17.9. The molecule has 0 atom stereocenters. The summed E-state index contributed by atoms with van der Waals surface area (Å²) in [6.07, 6.45) is 6.40. The molecule has 0 unspecified atom stereocenters. The molecule has 5 heterocycles. The molecule has 0 radical (unpaired) electrons. The quantitative estimate of drug-likeness (QED) is 0.412. The zero-order valence-corrected chi connectivity index (χ0v) is 22.1. The predicted octanol–water partition coefficient (Wildman–Crippen LogP) is 3.51. The van der Waals surface area contributed by atoms with E-state index in [1.165, 1.54) is 6.08 Å². The van der Waals surface area contributed by atoms with Crippen molar-refractivity contribution in [1.82, 2.24) is 19.4 Å². The molecule has 6 rings (SSSR count). The number of pyridine rings is 1. The highest BCUT2D eigenvalue weighted by atomic mass is 79.9. The van der Waals surface area contributed by atoms with E-state index < -0.39 is 0 Å². The van der Waals surface area contributed by atoms with Gasteiger partial charge in [-0.1, -0.05) is 28.6 Å². The summed E-state index contributed by atoms with van der Waals surface area (Å²) >= 11 is 3.53. The van der Waals surface area contributed by atoms with Gasteiger partial charge in [-0.15, -0.1) is 0 Å². The number of fused-ring (bicyclic) bond motifs is 1. The van der Waals surface area contributed by atoms with E-state index in [4.69, 9.17) is 0 Å². The van der Waals surface area contributed by atoms with Crippen molar-refractivity contribution < 1.29 is 14.4 Å². The highest BCUT2D eigenvalue weighted by Crippen LogP contribution is 2.42. The van der Waals surface area contributed by atoms with Crippen LogP contribution in [0.5, 0.6) is 0 Å². The minimum Gasteiger partial charge on any atom is -0.347 e. The van der Waals surface area contributed by atoms with Gasteiger partial charge in [0.25, 0.3) is 5.91 Å². The van der Waals surface area contributed by atoms with Crippen molar-refractivity contribution in [3.8, 4) is 0 Å². The SMILES string of the molecule is C=CC(=O)N1CC(CC(=O)Cn2cc(C(=O)N3CC4(CCN4c4ccccn4)C3)c3cc(Br)ccc32)C1. The number of anilines is 1. The van der Waals surface area contributed by atoms with Gasteiger partial charge in [0, 0.05) is 72.8 Å². The second-order valence-electron chi connectivity index (χ2n) is 10.4. The van der Waals surface area contributed by atoms with Crippen LogP contribution in [0.25, 0.3) is 10.9 Å². The number of aromatic nitrogens is 2. The number of Topliss-reactive ketones (excluding diaryl/α,β-unsaturated/α-hetero) is 1. The second-order valence-corrected chi connectivity index (χ2v) is 11.3. The Morgan fingerprint density at radius 3 is 2.62 bits per heavy atom. The number of carbonyl (C=O) groups is 3. The van der Waals surface area contributed by atoms with Crippen molar-refractivity contribution in [1.29, 1.82) is 0 Å². The molecule has 3 aliphatic rings. The Kier molecular flexibility index (Phi) is 5.90. The molecule has 2 aromatic heterocycles. The molecule has 0 aliphatic carbocycles. The summed E-state index contributed by atoms with van der Waals surface area (Å²) in [7, 11) is 0. The lowest BCUT2D eigenvalue weighted by Crippen LogP contribution is -2.78. The third-order valence-electron chi connectivity index (χ3n) is 7.94. The molecule has 0 bridgehead atoms. The lowest BCUT2D eigenvalue weighted by Gasteiger charge is -2.62. The molecule has 3 aromatic rings. The number of hydrogen-bond acceptors (Lipinski definition) is 5. The summed E-state index contributed by atoms with van der Waals surface area (Å²) in [5, 5.41) is 0.842. The highest BCUT2D eigenvalue weighted by molar-refractivity contribution is 9.10. The van der Waals surface area contributed by atoms with Crippen molar-refractivity contribution in [2.75, 3.05) is 37.6 Å². The molecule has 0 N–H and O–H groups in total. The Balaban J connectivity index is 1.16. The summed E-state index contributed by atoms with van der Waals surface area (Å²) in [5.41, 5.74) is 1.46. The third-order valence-corrected chi connectivity index (χ3v) is 8.43. The van der Waals surface area contributed by atoms with E-state index in [-0.39, 0.29) is 35.6 Å². The topological polar surface area (TPSA) is 78.8 Å². The first-order valence-electron chi connectivity index (χ1n) is 12.6. The lowest BCUT2D eigenvalue weighted by atomic mass is 9.77. The van der Waals surface area contributed by atoms with Gasteiger partial charge in [-0.3, -0.25) is 14.4 Å². The van der Waals surface area contributed by atoms with Gasteiger partial charge in [-0.25, -0.2) is 4.98 Å². The maximum absolute atomic E-state index is 13.6. The maximum atomic E-state index is 13.6. The van der Waals surface area contributed by atoms with Crippen molar-refractivity contribution in [3.05, 3.63) is 71.5 Å². The highest BCUT2D eigenvalue weighted by Gasteiger charge is 2.55. The van der Waals surface area contributed by atoms with Crippen molar-refractivity contribution in [3.63, 3.8) is 0 Å². The zero-order valence-electron chi connectivity index (χ0n) is 20.5. The number of nitrogens with zero attached hydrogens (tertiary/aromatic N) is 5. The third kappa shape index (κ3) is 4.15. The summed E-state index contributed by atoms with van der Waals surface area (Å²) < 4.78 is 2.78. The first kappa shape index (κ1) is 23.9. The van der Waals surface area contributed by atoms with Crippen molar-refractivity contribution in [2.45, 2.75) is 24.9 Å². The van der Waals surface area contributed by atoms with E-state index in [1.54, 1.807) is 11.1 Å². The fourth-order valence-corrected chi connectivity index (χ4v) is 6.23. The Labute approximate surface area is 223 Å². The number of amides is 2. The van der Waals surface area contributed by atoms with Crippen LogP contribution >= 0.6 is 15.9 Å². The standard InChI is InChI=1S/C28H28BrN5O3/c1-2-26(36)32-13-19(14-32)11-21(35)15-31-16-23(22-12-20(29)6-7-24(22)31)27(37)33-17-28(18-33)8-10-34(28)25-5-3-4-9-30-25/h2-7,9,12,16,19H,1,8,10-11,13-15,17-18H2. The summed E-state index contributed by atoms with van der Waals surface area (Å²) in [5.74, 6) is 1.13. The number of carbonyl (C=O) groups excluding carboxylic acids is 3.